The molecule has 0 aliphatic rings. The molecule has 0 fully saturated rings. The van der Waals surface area contributed by atoms with Crippen LogP contribution < -0.4 is 10.0 Å². The highest BCUT2D eigenvalue weighted by molar-refractivity contribution is 7.92. The molecule has 0 saturated heterocycles. The van der Waals surface area contributed by atoms with E-state index in [2.05, 4.69) is 10.0 Å². The third kappa shape index (κ3) is 4.92. The van der Waals surface area contributed by atoms with Crippen LogP contribution in [0.4, 0.5) is 11.4 Å². The minimum absolute atomic E-state index is 0.0251. The number of rotatable bonds is 6. The number of phenolic OH excluding ortho intramolecular Hbond substituents is 1. The molecule has 3 N–H and O–H groups in total. The third-order valence-corrected chi connectivity index (χ3v) is 6.13. The predicted molar refractivity (Wildman–Crippen MR) is 112 cm³/mol. The molecular formula is C19H15ClN2O4S2. The fourth-order valence-electron chi connectivity index (χ4n) is 2.25. The van der Waals surface area contributed by atoms with Crippen molar-refractivity contribution in [2.24, 2.45) is 0 Å². The van der Waals surface area contributed by atoms with E-state index in [0.717, 1.165) is 4.88 Å². The number of carbonyl (C=O) groups excluding carboxylic acids is 1. The van der Waals surface area contributed by atoms with Gasteiger partial charge in [0.15, 0.2) is 0 Å². The highest BCUT2D eigenvalue weighted by Gasteiger charge is 2.18. The molecule has 0 spiro atoms. The summed E-state index contributed by atoms with van der Waals surface area (Å²) >= 11 is 7.46. The van der Waals surface area contributed by atoms with E-state index in [1.165, 1.54) is 41.7 Å². The van der Waals surface area contributed by atoms with E-state index in [1.807, 2.05) is 17.5 Å². The number of benzene rings is 2. The predicted octanol–water partition coefficient (Wildman–Crippen LogP) is 4.56. The van der Waals surface area contributed by atoms with Crippen LogP contribution >= 0.6 is 22.9 Å². The first-order valence-corrected chi connectivity index (χ1v) is 10.7. The van der Waals surface area contributed by atoms with Crippen molar-refractivity contribution < 1.29 is 18.3 Å². The van der Waals surface area contributed by atoms with Crippen molar-refractivity contribution in [3.05, 3.63) is 76.0 Å². The number of hydrogen-bond donors (Lipinski definition) is 3. The van der Waals surface area contributed by atoms with Crippen molar-refractivity contribution in [2.75, 3.05) is 10.0 Å². The molecule has 1 heterocycles. The summed E-state index contributed by atoms with van der Waals surface area (Å²) in [5, 5.41) is 14.6. The Labute approximate surface area is 171 Å². The van der Waals surface area contributed by atoms with Crippen LogP contribution in [0.3, 0.4) is 0 Å². The van der Waals surface area contributed by atoms with Crippen LogP contribution in [0.15, 0.2) is 70.9 Å². The van der Waals surface area contributed by atoms with E-state index in [-0.39, 0.29) is 27.0 Å². The molecule has 28 heavy (non-hydrogen) atoms. The van der Waals surface area contributed by atoms with E-state index < -0.39 is 15.9 Å². The second-order valence-electron chi connectivity index (χ2n) is 5.60. The van der Waals surface area contributed by atoms with Crippen molar-refractivity contribution in [1.82, 2.24) is 0 Å². The number of aromatic hydroxyl groups is 1. The standard InChI is InChI=1S/C19H15ClN2O4S2/c20-15-5-1-2-6-16(15)22-28(25,26)14-8-9-18(23)17(12-14)21-19(24)10-7-13-4-3-11-27-13/h1-12,22-23H,(H,21,24)/b10-7+. The summed E-state index contributed by atoms with van der Waals surface area (Å²) in [5.41, 5.74) is 0.199. The summed E-state index contributed by atoms with van der Waals surface area (Å²) in [4.78, 5) is 12.8. The zero-order chi connectivity index (χ0) is 20.1. The Hall–Kier alpha value is -2.81. The van der Waals surface area contributed by atoms with E-state index in [9.17, 15) is 18.3 Å². The van der Waals surface area contributed by atoms with Crippen LogP contribution in [0.25, 0.3) is 6.08 Å². The number of anilines is 2. The first kappa shape index (κ1) is 19.9. The highest BCUT2D eigenvalue weighted by atomic mass is 35.5. The number of amides is 1. The monoisotopic (exact) mass is 434 g/mol. The topological polar surface area (TPSA) is 95.5 Å². The molecule has 9 heteroatoms. The van der Waals surface area contributed by atoms with Crippen LogP contribution in [0, 0.1) is 0 Å². The largest absolute Gasteiger partial charge is 0.506 e. The maximum Gasteiger partial charge on any atom is 0.262 e. The van der Waals surface area contributed by atoms with Gasteiger partial charge in [-0.2, -0.15) is 0 Å². The number of sulfonamides is 1. The summed E-state index contributed by atoms with van der Waals surface area (Å²) in [6.07, 6.45) is 2.92. The Morgan fingerprint density at radius 3 is 2.57 bits per heavy atom. The lowest BCUT2D eigenvalue weighted by atomic mass is 10.3. The Kier molecular flexibility index (Phi) is 6.03. The van der Waals surface area contributed by atoms with E-state index >= 15 is 0 Å². The minimum atomic E-state index is -3.97. The Bertz CT molecular complexity index is 1130. The van der Waals surface area contributed by atoms with Crippen LogP contribution in [-0.2, 0) is 14.8 Å². The van der Waals surface area contributed by atoms with Gasteiger partial charge in [-0.3, -0.25) is 9.52 Å². The van der Waals surface area contributed by atoms with Gasteiger partial charge in [0.1, 0.15) is 5.75 Å². The SMILES string of the molecule is O=C(/C=C/c1cccs1)Nc1cc(S(=O)(=O)Nc2ccccc2Cl)ccc1O. The van der Waals surface area contributed by atoms with Gasteiger partial charge in [0.25, 0.3) is 10.0 Å². The average Bonchev–Trinajstić information content (AvgIpc) is 3.17. The summed E-state index contributed by atoms with van der Waals surface area (Å²) in [5.74, 6) is -0.758. The summed E-state index contributed by atoms with van der Waals surface area (Å²) in [6.45, 7) is 0. The second-order valence-corrected chi connectivity index (χ2v) is 8.67. The summed E-state index contributed by atoms with van der Waals surface area (Å²) in [6, 6.07) is 13.7. The Balaban J connectivity index is 1.80. The molecule has 1 amide bonds. The normalized spacial score (nSPS) is 11.5. The van der Waals surface area contributed by atoms with Crippen molar-refractivity contribution in [3.8, 4) is 5.75 Å². The number of thiophene rings is 1. The lowest BCUT2D eigenvalue weighted by molar-refractivity contribution is -0.111. The lowest BCUT2D eigenvalue weighted by Gasteiger charge is -2.12. The van der Waals surface area contributed by atoms with Gasteiger partial charge >= 0.3 is 0 Å². The second kappa shape index (κ2) is 8.47. The van der Waals surface area contributed by atoms with Crippen molar-refractivity contribution in [1.29, 1.82) is 0 Å². The fourth-order valence-corrected chi connectivity index (χ4v) is 4.21. The van der Waals surface area contributed by atoms with Crippen molar-refractivity contribution in [3.63, 3.8) is 0 Å². The molecule has 0 saturated carbocycles. The number of phenols is 1. The van der Waals surface area contributed by atoms with Crippen LogP contribution in [-0.4, -0.2) is 19.4 Å². The van der Waals surface area contributed by atoms with Crippen LogP contribution in [0.1, 0.15) is 4.88 Å². The smallest absolute Gasteiger partial charge is 0.262 e. The molecule has 3 aromatic rings. The van der Waals surface area contributed by atoms with Gasteiger partial charge in [0, 0.05) is 11.0 Å². The number of carbonyl (C=O) groups is 1. The van der Waals surface area contributed by atoms with Gasteiger partial charge in [-0.25, -0.2) is 8.42 Å². The van der Waals surface area contributed by atoms with E-state index in [4.69, 9.17) is 11.6 Å². The van der Waals surface area contributed by atoms with E-state index in [0.29, 0.717) is 0 Å². The maximum absolute atomic E-state index is 12.6. The Morgan fingerprint density at radius 1 is 1.07 bits per heavy atom. The fraction of sp³-hybridized carbons (Fsp3) is 0. The zero-order valence-electron chi connectivity index (χ0n) is 14.3. The average molecular weight is 435 g/mol. The molecule has 0 radical (unpaired) electrons. The van der Waals surface area contributed by atoms with Gasteiger partial charge in [0.2, 0.25) is 5.91 Å². The van der Waals surface area contributed by atoms with Gasteiger partial charge in [-0.1, -0.05) is 29.8 Å². The molecular weight excluding hydrogens is 420 g/mol. The molecule has 144 valence electrons. The zero-order valence-corrected chi connectivity index (χ0v) is 16.7. The van der Waals surface area contributed by atoms with Crippen LogP contribution in [0.2, 0.25) is 5.02 Å². The van der Waals surface area contributed by atoms with Crippen molar-refractivity contribution >= 4 is 56.3 Å². The Morgan fingerprint density at radius 2 is 1.86 bits per heavy atom. The molecule has 1 aromatic heterocycles. The minimum Gasteiger partial charge on any atom is -0.506 e. The molecule has 3 rings (SSSR count). The molecule has 2 aromatic carbocycles. The number of nitrogens with one attached hydrogen (secondary N) is 2. The number of halogens is 1. The quantitative estimate of drug-likeness (QED) is 0.391. The van der Waals surface area contributed by atoms with Gasteiger partial charge < -0.3 is 10.4 Å². The molecule has 0 aliphatic carbocycles. The first-order valence-electron chi connectivity index (χ1n) is 7.98. The highest BCUT2D eigenvalue weighted by Crippen LogP contribution is 2.29. The molecule has 6 nitrogen and oxygen atoms in total. The lowest BCUT2D eigenvalue weighted by Crippen LogP contribution is -2.14. The van der Waals surface area contributed by atoms with Gasteiger partial charge in [-0.15, -0.1) is 11.3 Å². The van der Waals surface area contributed by atoms with E-state index in [1.54, 1.807) is 24.3 Å². The summed E-state index contributed by atoms with van der Waals surface area (Å²) in [7, 11) is -3.97. The van der Waals surface area contributed by atoms with Crippen molar-refractivity contribution in [2.45, 2.75) is 4.90 Å². The maximum atomic E-state index is 12.6. The molecule has 0 atom stereocenters. The summed E-state index contributed by atoms with van der Waals surface area (Å²) < 4.78 is 27.6. The first-order chi connectivity index (χ1) is 13.3. The van der Waals surface area contributed by atoms with Crippen LogP contribution in [0.5, 0.6) is 5.75 Å². The number of para-hydroxylation sites is 1. The van der Waals surface area contributed by atoms with Gasteiger partial charge in [-0.05, 0) is 47.9 Å². The third-order valence-electron chi connectivity index (χ3n) is 3.60. The number of hydrogen-bond acceptors (Lipinski definition) is 5. The molecule has 0 aliphatic heterocycles. The molecule has 0 unspecified atom stereocenters. The molecule has 0 bridgehead atoms. The van der Waals surface area contributed by atoms with Gasteiger partial charge in [0.05, 0.1) is 21.3 Å².